The zero-order chi connectivity index (χ0) is 16.4. The van der Waals surface area contributed by atoms with E-state index in [2.05, 4.69) is 15.5 Å². The van der Waals surface area contributed by atoms with Gasteiger partial charge in [-0.05, 0) is 19.4 Å². The van der Waals surface area contributed by atoms with E-state index in [0.717, 1.165) is 5.56 Å². The molecule has 120 valence electrons. The van der Waals surface area contributed by atoms with E-state index in [1.54, 1.807) is 13.8 Å². The Morgan fingerprint density at radius 3 is 1.86 bits per heavy atom. The van der Waals surface area contributed by atoms with Crippen LogP contribution in [0.4, 0.5) is 0 Å². The predicted molar refractivity (Wildman–Crippen MR) is 85.6 cm³/mol. The summed E-state index contributed by atoms with van der Waals surface area (Å²) in [6.45, 7) is 4.48. The van der Waals surface area contributed by atoms with Crippen molar-refractivity contribution in [3.05, 3.63) is 35.9 Å². The standard InChI is InChI=1S/C15H22N4O3/c1-12(16-20)9-19(10-13(2)17-21)11-15(18-22)8-14-6-4-3-5-7-14/h3-7,20-22H,8-11H2,1-2H3/b16-12-,17-13-,18-15+. The first-order valence-corrected chi connectivity index (χ1v) is 6.90. The minimum absolute atomic E-state index is 0.366. The number of oxime groups is 3. The fraction of sp³-hybridized carbons (Fsp3) is 0.400. The van der Waals surface area contributed by atoms with Gasteiger partial charge < -0.3 is 15.6 Å². The molecule has 0 aliphatic rings. The Bertz CT molecular complexity index is 521. The van der Waals surface area contributed by atoms with E-state index in [1.165, 1.54) is 0 Å². The van der Waals surface area contributed by atoms with Gasteiger partial charge in [-0.1, -0.05) is 45.8 Å². The molecule has 0 radical (unpaired) electrons. The van der Waals surface area contributed by atoms with Gasteiger partial charge in [-0.3, -0.25) is 4.90 Å². The van der Waals surface area contributed by atoms with Crippen LogP contribution in [0.5, 0.6) is 0 Å². The van der Waals surface area contributed by atoms with Crippen LogP contribution in [0.2, 0.25) is 0 Å². The maximum absolute atomic E-state index is 9.22. The average Bonchev–Trinajstić information content (AvgIpc) is 2.54. The first-order chi connectivity index (χ1) is 10.6. The van der Waals surface area contributed by atoms with Crippen LogP contribution < -0.4 is 0 Å². The second-order valence-electron chi connectivity index (χ2n) is 5.14. The van der Waals surface area contributed by atoms with Crippen LogP contribution in [0.15, 0.2) is 45.8 Å². The molecule has 0 aromatic heterocycles. The highest BCUT2D eigenvalue weighted by atomic mass is 16.4. The molecule has 0 atom stereocenters. The van der Waals surface area contributed by atoms with E-state index < -0.39 is 0 Å². The van der Waals surface area contributed by atoms with Crippen molar-refractivity contribution >= 4 is 17.1 Å². The Morgan fingerprint density at radius 1 is 0.864 bits per heavy atom. The molecule has 0 saturated heterocycles. The summed E-state index contributed by atoms with van der Waals surface area (Å²) in [4.78, 5) is 1.86. The van der Waals surface area contributed by atoms with Crippen LogP contribution in [0.25, 0.3) is 0 Å². The minimum Gasteiger partial charge on any atom is -0.411 e. The van der Waals surface area contributed by atoms with E-state index in [9.17, 15) is 5.21 Å². The van der Waals surface area contributed by atoms with Gasteiger partial charge in [0.15, 0.2) is 0 Å². The summed E-state index contributed by atoms with van der Waals surface area (Å²) in [5.74, 6) is 0. The van der Waals surface area contributed by atoms with Crippen molar-refractivity contribution in [3.63, 3.8) is 0 Å². The summed E-state index contributed by atoms with van der Waals surface area (Å²) < 4.78 is 0. The van der Waals surface area contributed by atoms with Crippen molar-refractivity contribution in [2.24, 2.45) is 15.5 Å². The zero-order valence-electron chi connectivity index (χ0n) is 12.8. The van der Waals surface area contributed by atoms with E-state index in [1.807, 2.05) is 35.2 Å². The molecule has 3 N–H and O–H groups in total. The molecule has 22 heavy (non-hydrogen) atoms. The molecule has 0 heterocycles. The number of rotatable bonds is 8. The van der Waals surface area contributed by atoms with Gasteiger partial charge >= 0.3 is 0 Å². The molecule has 0 spiro atoms. The van der Waals surface area contributed by atoms with E-state index in [0.29, 0.717) is 43.2 Å². The molecule has 0 fully saturated rings. The van der Waals surface area contributed by atoms with Gasteiger partial charge in [0.2, 0.25) is 0 Å². The van der Waals surface area contributed by atoms with Gasteiger partial charge in [0.25, 0.3) is 0 Å². The van der Waals surface area contributed by atoms with Crippen molar-refractivity contribution < 1.29 is 15.6 Å². The molecule has 0 unspecified atom stereocenters. The highest BCUT2D eigenvalue weighted by Crippen LogP contribution is 2.03. The Kier molecular flexibility index (Phi) is 7.63. The van der Waals surface area contributed by atoms with E-state index in [4.69, 9.17) is 10.4 Å². The van der Waals surface area contributed by atoms with Crippen molar-refractivity contribution in [1.82, 2.24) is 4.90 Å². The third kappa shape index (κ3) is 6.36. The van der Waals surface area contributed by atoms with Gasteiger partial charge in [0.1, 0.15) is 0 Å². The average molecular weight is 306 g/mol. The monoisotopic (exact) mass is 306 g/mol. The maximum Gasteiger partial charge on any atom is 0.0754 e. The highest BCUT2D eigenvalue weighted by Gasteiger charge is 2.13. The second-order valence-corrected chi connectivity index (χ2v) is 5.14. The normalized spacial score (nSPS) is 13.7. The van der Waals surface area contributed by atoms with Gasteiger partial charge in [-0.2, -0.15) is 0 Å². The summed E-state index contributed by atoms with van der Waals surface area (Å²) >= 11 is 0. The molecule has 0 aliphatic carbocycles. The SMILES string of the molecule is C/C(CN(C/C(C)=N\O)C/C(Cc1ccccc1)=N/O)=N/O. The number of hydrogen-bond acceptors (Lipinski definition) is 7. The lowest BCUT2D eigenvalue weighted by molar-refractivity contribution is 0.300. The molecule has 0 amide bonds. The van der Waals surface area contributed by atoms with Crippen molar-refractivity contribution in [3.8, 4) is 0 Å². The lowest BCUT2D eigenvalue weighted by Crippen LogP contribution is -2.37. The van der Waals surface area contributed by atoms with Gasteiger partial charge in [-0.25, -0.2) is 0 Å². The number of benzene rings is 1. The first-order valence-electron chi connectivity index (χ1n) is 6.90. The van der Waals surface area contributed by atoms with Crippen LogP contribution in [0, 0.1) is 0 Å². The fourth-order valence-corrected chi connectivity index (χ4v) is 2.09. The number of hydrogen-bond donors (Lipinski definition) is 3. The minimum atomic E-state index is 0.366. The predicted octanol–water partition coefficient (Wildman–Crippen LogP) is 2.06. The first kappa shape index (κ1) is 17.6. The largest absolute Gasteiger partial charge is 0.411 e. The van der Waals surface area contributed by atoms with Crippen LogP contribution in [-0.4, -0.2) is 57.3 Å². The van der Waals surface area contributed by atoms with Crippen molar-refractivity contribution in [1.29, 1.82) is 0 Å². The molecule has 7 nitrogen and oxygen atoms in total. The quantitative estimate of drug-likeness (QED) is 0.389. The fourth-order valence-electron chi connectivity index (χ4n) is 2.09. The van der Waals surface area contributed by atoms with Crippen LogP contribution in [0.3, 0.4) is 0 Å². The Morgan fingerprint density at radius 2 is 1.41 bits per heavy atom. The summed E-state index contributed by atoms with van der Waals surface area (Å²) in [5, 5.41) is 36.5. The summed E-state index contributed by atoms with van der Waals surface area (Å²) in [6, 6.07) is 9.68. The van der Waals surface area contributed by atoms with Gasteiger partial charge in [0, 0.05) is 26.1 Å². The number of nitrogens with zero attached hydrogens (tertiary/aromatic N) is 4. The molecule has 0 saturated carbocycles. The summed E-state index contributed by atoms with van der Waals surface area (Å²) in [6.07, 6.45) is 0.512. The van der Waals surface area contributed by atoms with Gasteiger partial charge in [0.05, 0.1) is 17.1 Å². The van der Waals surface area contributed by atoms with Crippen molar-refractivity contribution in [2.75, 3.05) is 19.6 Å². The lowest BCUT2D eigenvalue weighted by atomic mass is 10.1. The van der Waals surface area contributed by atoms with Crippen molar-refractivity contribution in [2.45, 2.75) is 20.3 Å². The summed E-state index contributed by atoms with van der Waals surface area (Å²) in [7, 11) is 0. The maximum atomic E-state index is 9.22. The molecule has 7 heteroatoms. The Balaban J connectivity index is 2.76. The topological polar surface area (TPSA) is 101 Å². The molecule has 0 bridgehead atoms. The molecular formula is C15H22N4O3. The molecular weight excluding hydrogens is 284 g/mol. The zero-order valence-corrected chi connectivity index (χ0v) is 12.8. The highest BCUT2D eigenvalue weighted by molar-refractivity contribution is 5.91. The molecule has 1 rings (SSSR count). The molecule has 0 aliphatic heterocycles. The van der Waals surface area contributed by atoms with E-state index in [-0.39, 0.29) is 0 Å². The van der Waals surface area contributed by atoms with Crippen LogP contribution in [0.1, 0.15) is 19.4 Å². The molecule has 1 aromatic carbocycles. The van der Waals surface area contributed by atoms with Crippen LogP contribution in [-0.2, 0) is 6.42 Å². The third-order valence-electron chi connectivity index (χ3n) is 3.04. The smallest absolute Gasteiger partial charge is 0.0754 e. The third-order valence-corrected chi connectivity index (χ3v) is 3.04. The Hall–Kier alpha value is -2.41. The molecule has 1 aromatic rings. The summed E-state index contributed by atoms with van der Waals surface area (Å²) in [5.41, 5.74) is 2.64. The lowest BCUT2D eigenvalue weighted by Gasteiger charge is -2.21. The van der Waals surface area contributed by atoms with Crippen LogP contribution >= 0.6 is 0 Å². The van der Waals surface area contributed by atoms with Gasteiger partial charge in [-0.15, -0.1) is 0 Å². The van der Waals surface area contributed by atoms with E-state index >= 15 is 0 Å². The Labute approximate surface area is 129 Å². The second kappa shape index (κ2) is 9.51.